The molecule has 39 heavy (non-hydrogen) atoms. The standard InChI is InChI=1S/C30H24F3N3O3/c1-16-11-27(38)36-29(28(16)26(37)13-17-5-8-25-18(12-17)9-10-34-25)19-6-7-24(33)20(14-19)30(39)35-15-21-22(31)3-2-4-23(21)32/h2-10,12,14,29,34H,11,13,15H2,1H3,(H,35,39)(H,36,38). The lowest BCUT2D eigenvalue weighted by atomic mass is 9.85. The van der Waals surface area contributed by atoms with Gasteiger partial charge in [-0.3, -0.25) is 14.4 Å². The summed E-state index contributed by atoms with van der Waals surface area (Å²) >= 11 is 0. The van der Waals surface area contributed by atoms with Gasteiger partial charge in [0.25, 0.3) is 5.91 Å². The SMILES string of the molecule is CC1=C(C(=O)Cc2ccc3[nH]ccc3c2)C(c2ccc(F)c(C(=O)NCc3c(F)cccc3F)c2)NC(=O)C1. The Kier molecular flexibility index (Phi) is 7.06. The summed E-state index contributed by atoms with van der Waals surface area (Å²) in [6.07, 6.45) is 1.94. The van der Waals surface area contributed by atoms with Gasteiger partial charge in [0.2, 0.25) is 5.91 Å². The number of aromatic amines is 1. The Balaban J connectivity index is 1.41. The fraction of sp³-hybridized carbons (Fsp3) is 0.167. The van der Waals surface area contributed by atoms with Crippen molar-refractivity contribution < 1.29 is 27.6 Å². The van der Waals surface area contributed by atoms with Crippen LogP contribution in [-0.2, 0) is 22.6 Å². The highest BCUT2D eigenvalue weighted by atomic mass is 19.1. The highest BCUT2D eigenvalue weighted by Gasteiger charge is 2.32. The number of Topliss-reactive ketones (excluding diaryl/α,β-unsaturated/α-hetero) is 1. The minimum Gasteiger partial charge on any atom is -0.361 e. The number of carbonyl (C=O) groups is 3. The number of carbonyl (C=O) groups excluding carboxylic acids is 3. The summed E-state index contributed by atoms with van der Waals surface area (Å²) in [5.74, 6) is -3.96. The average molecular weight is 532 g/mol. The number of amides is 2. The fourth-order valence-electron chi connectivity index (χ4n) is 4.87. The molecule has 6 nitrogen and oxygen atoms in total. The third kappa shape index (κ3) is 5.34. The van der Waals surface area contributed by atoms with Crippen LogP contribution >= 0.6 is 0 Å². The number of nitrogens with one attached hydrogen (secondary N) is 3. The molecule has 1 aliphatic heterocycles. The molecule has 1 unspecified atom stereocenters. The Morgan fingerprint density at radius 3 is 2.51 bits per heavy atom. The van der Waals surface area contributed by atoms with Crippen LogP contribution in [-0.4, -0.2) is 22.6 Å². The zero-order chi connectivity index (χ0) is 27.7. The van der Waals surface area contributed by atoms with Crippen LogP contribution in [0.15, 0.2) is 78.0 Å². The normalized spacial score (nSPS) is 15.4. The number of aromatic nitrogens is 1. The molecule has 5 rings (SSSR count). The van der Waals surface area contributed by atoms with Gasteiger partial charge >= 0.3 is 0 Å². The number of H-pyrrole nitrogens is 1. The lowest BCUT2D eigenvalue weighted by Gasteiger charge is -2.28. The molecule has 198 valence electrons. The molecule has 0 saturated heterocycles. The van der Waals surface area contributed by atoms with Gasteiger partial charge in [-0.15, -0.1) is 0 Å². The molecule has 3 aromatic carbocycles. The van der Waals surface area contributed by atoms with Crippen LogP contribution in [0.4, 0.5) is 13.2 Å². The Labute approximate surface area is 221 Å². The van der Waals surface area contributed by atoms with Crippen LogP contribution < -0.4 is 10.6 Å². The second-order valence-electron chi connectivity index (χ2n) is 9.49. The lowest BCUT2D eigenvalue weighted by Crippen LogP contribution is -2.37. The Morgan fingerprint density at radius 2 is 1.74 bits per heavy atom. The highest BCUT2D eigenvalue weighted by molar-refractivity contribution is 6.02. The van der Waals surface area contributed by atoms with Crippen LogP contribution in [0.3, 0.4) is 0 Å². The quantitative estimate of drug-likeness (QED) is 0.306. The van der Waals surface area contributed by atoms with Crippen molar-refractivity contribution in [1.29, 1.82) is 0 Å². The van der Waals surface area contributed by atoms with Crippen molar-refractivity contribution >= 4 is 28.5 Å². The molecule has 3 N–H and O–H groups in total. The molecule has 1 aliphatic rings. The fourth-order valence-corrected chi connectivity index (χ4v) is 4.87. The smallest absolute Gasteiger partial charge is 0.254 e. The van der Waals surface area contributed by atoms with Gasteiger partial charge in [0, 0.05) is 42.2 Å². The van der Waals surface area contributed by atoms with Crippen LogP contribution in [0.1, 0.15) is 46.4 Å². The van der Waals surface area contributed by atoms with E-state index in [-0.39, 0.29) is 35.7 Å². The van der Waals surface area contributed by atoms with Gasteiger partial charge in [-0.2, -0.15) is 0 Å². The van der Waals surface area contributed by atoms with Crippen molar-refractivity contribution in [2.75, 3.05) is 0 Å². The summed E-state index contributed by atoms with van der Waals surface area (Å²) in [5, 5.41) is 6.09. The maximum Gasteiger partial charge on any atom is 0.254 e. The zero-order valence-electron chi connectivity index (χ0n) is 20.9. The minimum absolute atomic E-state index is 0.0388. The van der Waals surface area contributed by atoms with Crippen LogP contribution in [0.2, 0.25) is 0 Å². The molecule has 2 heterocycles. The second kappa shape index (κ2) is 10.6. The molecule has 0 bridgehead atoms. The number of rotatable bonds is 7. The number of fused-ring (bicyclic) bond motifs is 1. The molecule has 0 fully saturated rings. The van der Waals surface area contributed by atoms with Crippen molar-refractivity contribution in [2.45, 2.75) is 32.4 Å². The Morgan fingerprint density at radius 1 is 0.974 bits per heavy atom. The van der Waals surface area contributed by atoms with Crippen molar-refractivity contribution in [3.05, 3.63) is 118 Å². The first kappa shape index (κ1) is 26.0. The molecule has 0 saturated carbocycles. The predicted molar refractivity (Wildman–Crippen MR) is 139 cm³/mol. The van der Waals surface area contributed by atoms with E-state index in [9.17, 15) is 27.6 Å². The van der Waals surface area contributed by atoms with E-state index < -0.39 is 35.9 Å². The van der Waals surface area contributed by atoms with E-state index in [2.05, 4.69) is 15.6 Å². The molecular weight excluding hydrogens is 507 g/mol. The third-order valence-electron chi connectivity index (χ3n) is 6.82. The second-order valence-corrected chi connectivity index (χ2v) is 9.49. The van der Waals surface area contributed by atoms with Gasteiger partial charge in [0.05, 0.1) is 11.6 Å². The van der Waals surface area contributed by atoms with E-state index >= 15 is 0 Å². The average Bonchev–Trinajstić information content (AvgIpc) is 3.36. The van der Waals surface area contributed by atoms with Crippen LogP contribution in [0, 0.1) is 17.5 Å². The van der Waals surface area contributed by atoms with Crippen molar-refractivity contribution in [3.8, 4) is 0 Å². The van der Waals surface area contributed by atoms with E-state index in [0.717, 1.165) is 34.7 Å². The van der Waals surface area contributed by atoms with Gasteiger partial charge in [-0.1, -0.05) is 23.8 Å². The predicted octanol–water partition coefficient (Wildman–Crippen LogP) is 5.20. The number of benzene rings is 3. The Hall–Kier alpha value is -4.66. The summed E-state index contributed by atoms with van der Waals surface area (Å²) in [7, 11) is 0. The molecule has 0 aliphatic carbocycles. The van der Waals surface area contributed by atoms with Gasteiger partial charge < -0.3 is 15.6 Å². The number of ketones is 1. The molecular formula is C30H24F3N3O3. The number of hydrogen-bond donors (Lipinski definition) is 3. The van der Waals surface area contributed by atoms with Crippen LogP contribution in [0.5, 0.6) is 0 Å². The van der Waals surface area contributed by atoms with E-state index in [1.165, 1.54) is 18.2 Å². The topological polar surface area (TPSA) is 91.1 Å². The maximum absolute atomic E-state index is 14.7. The van der Waals surface area contributed by atoms with E-state index in [1.807, 2.05) is 30.5 Å². The summed E-state index contributed by atoms with van der Waals surface area (Å²) in [5.41, 5.74) is 2.28. The van der Waals surface area contributed by atoms with E-state index in [4.69, 9.17) is 0 Å². The first-order valence-corrected chi connectivity index (χ1v) is 12.3. The Bertz CT molecular complexity index is 1640. The lowest BCUT2D eigenvalue weighted by molar-refractivity contribution is -0.121. The highest BCUT2D eigenvalue weighted by Crippen LogP contribution is 2.32. The minimum atomic E-state index is -0.897. The first-order chi connectivity index (χ1) is 18.7. The summed E-state index contributed by atoms with van der Waals surface area (Å²) in [4.78, 5) is 41.8. The van der Waals surface area contributed by atoms with Crippen molar-refractivity contribution in [3.63, 3.8) is 0 Å². The van der Waals surface area contributed by atoms with Crippen molar-refractivity contribution in [1.82, 2.24) is 15.6 Å². The molecule has 2 amide bonds. The van der Waals surface area contributed by atoms with E-state index in [0.29, 0.717) is 16.7 Å². The van der Waals surface area contributed by atoms with E-state index in [1.54, 1.807) is 6.92 Å². The third-order valence-corrected chi connectivity index (χ3v) is 6.82. The summed E-state index contributed by atoms with van der Waals surface area (Å²) in [6.45, 7) is 1.21. The monoisotopic (exact) mass is 531 g/mol. The van der Waals surface area contributed by atoms with Gasteiger partial charge in [0.1, 0.15) is 17.5 Å². The molecule has 4 aromatic rings. The summed E-state index contributed by atoms with van der Waals surface area (Å²) < 4.78 is 42.6. The van der Waals surface area contributed by atoms with Gasteiger partial charge in [0.15, 0.2) is 5.78 Å². The molecule has 1 aromatic heterocycles. The number of hydrogen-bond acceptors (Lipinski definition) is 3. The number of halogens is 3. The largest absolute Gasteiger partial charge is 0.361 e. The summed E-state index contributed by atoms with van der Waals surface area (Å²) in [6, 6.07) is 13.7. The molecule has 0 spiro atoms. The van der Waals surface area contributed by atoms with Crippen molar-refractivity contribution in [2.24, 2.45) is 0 Å². The zero-order valence-corrected chi connectivity index (χ0v) is 20.9. The molecule has 9 heteroatoms. The molecule has 1 atom stereocenters. The van der Waals surface area contributed by atoms with Gasteiger partial charge in [-0.25, -0.2) is 13.2 Å². The van der Waals surface area contributed by atoms with Gasteiger partial charge in [-0.05, 0) is 65.9 Å². The first-order valence-electron chi connectivity index (χ1n) is 12.3. The molecule has 0 radical (unpaired) electrons. The maximum atomic E-state index is 14.7. The van der Waals surface area contributed by atoms with Crippen LogP contribution in [0.25, 0.3) is 10.9 Å².